The second kappa shape index (κ2) is 6.95. The number of hydrogen-bond acceptors (Lipinski definition) is 2. The number of nitrogens with two attached hydrogens (primary N) is 1. The fraction of sp³-hybridized carbons (Fsp3) is 0.294. The molecule has 2 N–H and O–H groups in total. The number of rotatable bonds is 6. The third-order valence-electron chi connectivity index (χ3n) is 3.10. The summed E-state index contributed by atoms with van der Waals surface area (Å²) in [5.41, 5.74) is 9.27. The van der Waals surface area contributed by atoms with E-state index in [4.69, 9.17) is 10.5 Å². The number of hydrogen-bond donors (Lipinski definition) is 1. The lowest BCUT2D eigenvalue weighted by molar-refractivity contribution is 0.302. The van der Waals surface area contributed by atoms with Crippen LogP contribution in [0.2, 0.25) is 0 Å². The highest BCUT2D eigenvalue weighted by molar-refractivity contribution is 5.34. The standard InChI is InChI=1S/C17H21NO/c1-14-6-4-7-15(12-14)13-19-17-10-3-2-8-16(17)9-5-11-18/h2-4,6-8,10,12H,5,9,11,13,18H2,1H3. The van der Waals surface area contributed by atoms with Gasteiger partial charge in [-0.25, -0.2) is 0 Å². The Hall–Kier alpha value is -1.80. The molecule has 2 nitrogen and oxygen atoms in total. The number of benzene rings is 2. The normalized spacial score (nSPS) is 10.4. The Bertz CT molecular complexity index is 522. The SMILES string of the molecule is Cc1cccc(COc2ccccc2CCCN)c1. The highest BCUT2D eigenvalue weighted by Gasteiger charge is 2.03. The molecule has 100 valence electrons. The zero-order valence-corrected chi connectivity index (χ0v) is 11.4. The minimum atomic E-state index is 0.612. The molecule has 0 saturated heterocycles. The molecule has 0 aliphatic carbocycles. The first-order valence-corrected chi connectivity index (χ1v) is 6.76. The van der Waals surface area contributed by atoms with Crippen molar-refractivity contribution in [2.75, 3.05) is 6.54 Å². The third kappa shape index (κ3) is 4.11. The van der Waals surface area contributed by atoms with E-state index in [2.05, 4.69) is 37.3 Å². The Kier molecular flexibility index (Phi) is 4.99. The zero-order valence-electron chi connectivity index (χ0n) is 11.4. The molecule has 0 fully saturated rings. The van der Waals surface area contributed by atoms with Gasteiger partial charge in [0.25, 0.3) is 0 Å². The molecule has 0 aliphatic heterocycles. The molecule has 0 aromatic heterocycles. The summed E-state index contributed by atoms with van der Waals surface area (Å²) in [6.07, 6.45) is 1.96. The molecule has 0 unspecified atom stereocenters. The van der Waals surface area contributed by atoms with Gasteiger partial charge in [0.15, 0.2) is 0 Å². The summed E-state index contributed by atoms with van der Waals surface area (Å²) in [4.78, 5) is 0. The smallest absolute Gasteiger partial charge is 0.122 e. The summed E-state index contributed by atoms with van der Waals surface area (Å²) in [5, 5.41) is 0. The molecule has 0 amide bonds. The first kappa shape index (κ1) is 13.6. The molecule has 0 heterocycles. The van der Waals surface area contributed by atoms with E-state index in [1.807, 2.05) is 18.2 Å². The Balaban J connectivity index is 2.02. The summed E-state index contributed by atoms with van der Waals surface area (Å²) < 4.78 is 5.93. The summed E-state index contributed by atoms with van der Waals surface area (Å²) in [6, 6.07) is 16.6. The maximum absolute atomic E-state index is 5.93. The Morgan fingerprint density at radius 2 is 1.89 bits per heavy atom. The van der Waals surface area contributed by atoms with E-state index >= 15 is 0 Å². The molecule has 0 spiro atoms. The average Bonchev–Trinajstić information content (AvgIpc) is 2.44. The first-order valence-electron chi connectivity index (χ1n) is 6.76. The lowest BCUT2D eigenvalue weighted by atomic mass is 10.1. The molecule has 2 aromatic carbocycles. The minimum Gasteiger partial charge on any atom is -0.489 e. The van der Waals surface area contributed by atoms with Crippen LogP contribution in [0.5, 0.6) is 5.75 Å². The van der Waals surface area contributed by atoms with Gasteiger partial charge in [-0.3, -0.25) is 0 Å². The summed E-state index contributed by atoms with van der Waals surface area (Å²) in [7, 11) is 0. The van der Waals surface area contributed by atoms with Gasteiger partial charge in [-0.15, -0.1) is 0 Å². The van der Waals surface area contributed by atoms with Crippen LogP contribution in [-0.2, 0) is 13.0 Å². The quantitative estimate of drug-likeness (QED) is 0.858. The summed E-state index contributed by atoms with van der Waals surface area (Å²) in [5.74, 6) is 0.970. The van der Waals surface area contributed by atoms with E-state index in [-0.39, 0.29) is 0 Å². The van der Waals surface area contributed by atoms with Crippen molar-refractivity contribution in [3.63, 3.8) is 0 Å². The van der Waals surface area contributed by atoms with Crippen molar-refractivity contribution in [1.29, 1.82) is 0 Å². The van der Waals surface area contributed by atoms with Crippen molar-refractivity contribution < 1.29 is 4.74 Å². The third-order valence-corrected chi connectivity index (χ3v) is 3.10. The van der Waals surface area contributed by atoms with Crippen molar-refractivity contribution in [2.24, 2.45) is 5.73 Å². The maximum atomic E-state index is 5.93. The van der Waals surface area contributed by atoms with Gasteiger partial charge in [-0.05, 0) is 43.5 Å². The van der Waals surface area contributed by atoms with Crippen molar-refractivity contribution in [2.45, 2.75) is 26.4 Å². The van der Waals surface area contributed by atoms with Crippen molar-refractivity contribution in [1.82, 2.24) is 0 Å². The predicted molar refractivity (Wildman–Crippen MR) is 79.3 cm³/mol. The number of aryl methyl sites for hydroxylation is 2. The van der Waals surface area contributed by atoms with E-state index in [9.17, 15) is 0 Å². The molecule has 0 aliphatic rings. The van der Waals surface area contributed by atoms with Crippen LogP contribution in [0, 0.1) is 6.92 Å². The summed E-state index contributed by atoms with van der Waals surface area (Å²) in [6.45, 7) is 3.42. The molecular formula is C17H21NO. The van der Waals surface area contributed by atoms with Gasteiger partial charge < -0.3 is 10.5 Å². The van der Waals surface area contributed by atoms with Crippen LogP contribution in [0.15, 0.2) is 48.5 Å². The lowest BCUT2D eigenvalue weighted by Gasteiger charge is -2.11. The molecule has 0 bridgehead atoms. The first-order chi connectivity index (χ1) is 9.29. The second-order valence-corrected chi connectivity index (χ2v) is 4.78. The van der Waals surface area contributed by atoms with Gasteiger partial charge in [-0.2, -0.15) is 0 Å². The number of ether oxygens (including phenoxy) is 1. The van der Waals surface area contributed by atoms with Crippen LogP contribution >= 0.6 is 0 Å². The molecule has 2 aromatic rings. The monoisotopic (exact) mass is 255 g/mol. The molecule has 2 rings (SSSR count). The van der Waals surface area contributed by atoms with Gasteiger partial charge in [0, 0.05) is 0 Å². The van der Waals surface area contributed by atoms with E-state index in [0.29, 0.717) is 13.2 Å². The van der Waals surface area contributed by atoms with E-state index in [0.717, 1.165) is 18.6 Å². The van der Waals surface area contributed by atoms with Crippen LogP contribution in [0.1, 0.15) is 23.1 Å². The van der Waals surface area contributed by atoms with E-state index in [1.165, 1.54) is 16.7 Å². The highest BCUT2D eigenvalue weighted by atomic mass is 16.5. The van der Waals surface area contributed by atoms with Gasteiger partial charge in [0.2, 0.25) is 0 Å². The molecule has 0 saturated carbocycles. The minimum absolute atomic E-state index is 0.612. The van der Waals surface area contributed by atoms with Crippen molar-refractivity contribution in [3.05, 3.63) is 65.2 Å². The second-order valence-electron chi connectivity index (χ2n) is 4.78. The van der Waals surface area contributed by atoms with Gasteiger partial charge >= 0.3 is 0 Å². The fourth-order valence-corrected chi connectivity index (χ4v) is 2.11. The lowest BCUT2D eigenvalue weighted by Crippen LogP contribution is -2.03. The Morgan fingerprint density at radius 1 is 1.05 bits per heavy atom. The van der Waals surface area contributed by atoms with Crippen molar-refractivity contribution >= 4 is 0 Å². The number of para-hydroxylation sites is 1. The fourth-order valence-electron chi connectivity index (χ4n) is 2.11. The Labute approximate surface area is 115 Å². The predicted octanol–water partition coefficient (Wildman–Crippen LogP) is 3.47. The van der Waals surface area contributed by atoms with E-state index in [1.54, 1.807) is 0 Å². The van der Waals surface area contributed by atoms with Gasteiger partial charge in [0.1, 0.15) is 12.4 Å². The Morgan fingerprint density at radius 3 is 2.68 bits per heavy atom. The van der Waals surface area contributed by atoms with Crippen LogP contribution < -0.4 is 10.5 Å². The maximum Gasteiger partial charge on any atom is 0.122 e. The highest BCUT2D eigenvalue weighted by Crippen LogP contribution is 2.20. The summed E-state index contributed by atoms with van der Waals surface area (Å²) >= 11 is 0. The topological polar surface area (TPSA) is 35.2 Å². The van der Waals surface area contributed by atoms with E-state index < -0.39 is 0 Å². The van der Waals surface area contributed by atoms with Gasteiger partial charge in [-0.1, -0.05) is 48.0 Å². The molecular weight excluding hydrogens is 234 g/mol. The molecule has 19 heavy (non-hydrogen) atoms. The van der Waals surface area contributed by atoms with Crippen LogP contribution in [0.4, 0.5) is 0 Å². The van der Waals surface area contributed by atoms with Crippen LogP contribution in [0.3, 0.4) is 0 Å². The molecule has 0 radical (unpaired) electrons. The van der Waals surface area contributed by atoms with Crippen LogP contribution in [0.25, 0.3) is 0 Å². The zero-order chi connectivity index (χ0) is 13.5. The van der Waals surface area contributed by atoms with Crippen LogP contribution in [-0.4, -0.2) is 6.54 Å². The molecule has 2 heteroatoms. The van der Waals surface area contributed by atoms with Crippen molar-refractivity contribution in [3.8, 4) is 5.75 Å². The average molecular weight is 255 g/mol. The molecule has 0 atom stereocenters. The van der Waals surface area contributed by atoms with Gasteiger partial charge in [0.05, 0.1) is 0 Å². The largest absolute Gasteiger partial charge is 0.489 e.